The largest absolute Gasteiger partial charge is 0.296 e. The molecule has 0 fully saturated rings. The summed E-state index contributed by atoms with van der Waals surface area (Å²) in [6.45, 7) is 6.42. The molecule has 1 amide bonds. The number of anilines is 1. The van der Waals surface area contributed by atoms with Gasteiger partial charge in [0, 0.05) is 11.8 Å². The number of carbonyl (C=O) groups excluding carboxylic acids is 1. The maximum atomic E-state index is 12.3. The monoisotopic (exact) mass is 338 g/mol. The summed E-state index contributed by atoms with van der Waals surface area (Å²) in [7, 11) is 0. The highest BCUT2D eigenvalue weighted by atomic mass is 32.1. The number of amides is 1. The first-order valence-electron chi connectivity index (χ1n) is 7.60. The number of nitrogens with zero attached hydrogens (tertiary/aromatic N) is 3. The molecule has 0 spiro atoms. The summed E-state index contributed by atoms with van der Waals surface area (Å²) in [5.41, 5.74) is 2.58. The minimum absolute atomic E-state index is 0.0613. The molecule has 24 heavy (non-hydrogen) atoms. The van der Waals surface area contributed by atoms with Crippen molar-refractivity contribution in [2.75, 3.05) is 5.32 Å². The number of aromatic nitrogens is 3. The van der Waals surface area contributed by atoms with Gasteiger partial charge in [0.25, 0.3) is 5.91 Å². The Morgan fingerprint density at radius 3 is 2.42 bits per heavy atom. The lowest BCUT2D eigenvalue weighted by atomic mass is 9.87. The SMILES string of the molecule is CC(C)(C)c1ccc(C(=O)Nc2nnc(-c3ccccn3)s2)cc1. The van der Waals surface area contributed by atoms with Gasteiger partial charge in [0.05, 0.1) is 0 Å². The fourth-order valence-electron chi connectivity index (χ4n) is 2.16. The molecule has 0 saturated heterocycles. The molecule has 0 aliphatic rings. The molecule has 5 nitrogen and oxygen atoms in total. The molecule has 0 atom stereocenters. The molecule has 122 valence electrons. The van der Waals surface area contributed by atoms with Gasteiger partial charge >= 0.3 is 0 Å². The highest BCUT2D eigenvalue weighted by Crippen LogP contribution is 2.25. The lowest BCUT2D eigenvalue weighted by Gasteiger charge is -2.18. The van der Waals surface area contributed by atoms with Crippen LogP contribution in [0.1, 0.15) is 36.7 Å². The molecular formula is C18H18N4OS. The Kier molecular flexibility index (Phi) is 4.40. The van der Waals surface area contributed by atoms with Crippen LogP contribution in [0.4, 0.5) is 5.13 Å². The summed E-state index contributed by atoms with van der Waals surface area (Å²) in [6, 6.07) is 13.2. The molecule has 0 aliphatic carbocycles. The van der Waals surface area contributed by atoms with Gasteiger partial charge < -0.3 is 0 Å². The topological polar surface area (TPSA) is 67.8 Å². The van der Waals surface area contributed by atoms with Crippen LogP contribution in [0.5, 0.6) is 0 Å². The predicted octanol–water partition coefficient (Wildman–Crippen LogP) is 4.15. The summed E-state index contributed by atoms with van der Waals surface area (Å²) < 4.78 is 0. The van der Waals surface area contributed by atoms with Crippen molar-refractivity contribution in [3.05, 3.63) is 59.8 Å². The maximum absolute atomic E-state index is 12.3. The molecule has 2 heterocycles. The first-order chi connectivity index (χ1) is 11.4. The molecule has 0 aliphatic heterocycles. The zero-order valence-electron chi connectivity index (χ0n) is 13.8. The number of pyridine rings is 1. The Labute approximate surface area is 144 Å². The number of hydrogen-bond acceptors (Lipinski definition) is 5. The van der Waals surface area contributed by atoms with Crippen LogP contribution in [0.15, 0.2) is 48.7 Å². The zero-order chi connectivity index (χ0) is 17.2. The molecule has 0 radical (unpaired) electrons. The normalized spacial score (nSPS) is 11.3. The van der Waals surface area contributed by atoms with Crippen molar-refractivity contribution in [2.45, 2.75) is 26.2 Å². The molecule has 3 rings (SSSR count). The molecular weight excluding hydrogens is 320 g/mol. The Morgan fingerprint density at radius 1 is 1.04 bits per heavy atom. The van der Waals surface area contributed by atoms with Gasteiger partial charge in [-0.3, -0.25) is 15.1 Å². The van der Waals surface area contributed by atoms with Crippen LogP contribution in [-0.2, 0) is 5.41 Å². The molecule has 3 aromatic rings. The third kappa shape index (κ3) is 3.65. The van der Waals surface area contributed by atoms with Crippen molar-refractivity contribution in [1.82, 2.24) is 15.2 Å². The second-order valence-electron chi connectivity index (χ2n) is 6.41. The van der Waals surface area contributed by atoms with Crippen LogP contribution in [0.3, 0.4) is 0 Å². The van der Waals surface area contributed by atoms with Gasteiger partial charge in [-0.2, -0.15) is 0 Å². The maximum Gasteiger partial charge on any atom is 0.257 e. The van der Waals surface area contributed by atoms with E-state index < -0.39 is 0 Å². The van der Waals surface area contributed by atoms with E-state index in [9.17, 15) is 4.79 Å². The molecule has 2 aromatic heterocycles. The van der Waals surface area contributed by atoms with Crippen LogP contribution in [0.2, 0.25) is 0 Å². The molecule has 0 bridgehead atoms. The van der Waals surface area contributed by atoms with Crippen LogP contribution in [0, 0.1) is 0 Å². The van der Waals surface area contributed by atoms with Gasteiger partial charge in [0.1, 0.15) is 5.69 Å². The minimum Gasteiger partial charge on any atom is -0.296 e. The molecule has 0 unspecified atom stereocenters. The first-order valence-corrected chi connectivity index (χ1v) is 8.42. The fraction of sp³-hybridized carbons (Fsp3) is 0.222. The summed E-state index contributed by atoms with van der Waals surface area (Å²) >= 11 is 1.30. The van der Waals surface area contributed by atoms with E-state index in [0.717, 1.165) is 5.69 Å². The Balaban J connectivity index is 1.72. The van der Waals surface area contributed by atoms with Gasteiger partial charge in [-0.15, -0.1) is 10.2 Å². The zero-order valence-corrected chi connectivity index (χ0v) is 14.6. The summed E-state index contributed by atoms with van der Waals surface area (Å²) in [6.07, 6.45) is 1.70. The van der Waals surface area contributed by atoms with E-state index in [4.69, 9.17) is 0 Å². The van der Waals surface area contributed by atoms with Gasteiger partial charge in [0.15, 0.2) is 5.01 Å². The lowest BCUT2D eigenvalue weighted by molar-refractivity contribution is 0.102. The highest BCUT2D eigenvalue weighted by Gasteiger charge is 2.15. The summed E-state index contributed by atoms with van der Waals surface area (Å²) in [5, 5.41) is 12.0. The van der Waals surface area contributed by atoms with Crippen molar-refractivity contribution in [3.8, 4) is 10.7 Å². The lowest BCUT2D eigenvalue weighted by Crippen LogP contribution is -2.14. The smallest absolute Gasteiger partial charge is 0.257 e. The molecule has 6 heteroatoms. The van der Waals surface area contributed by atoms with Gasteiger partial charge in [-0.05, 0) is 35.2 Å². The Hall–Kier alpha value is -2.60. The van der Waals surface area contributed by atoms with Crippen molar-refractivity contribution in [1.29, 1.82) is 0 Å². The number of carbonyl (C=O) groups is 1. The predicted molar refractivity (Wildman–Crippen MR) is 96.2 cm³/mol. The van der Waals surface area contributed by atoms with Gasteiger partial charge in [-0.1, -0.05) is 50.3 Å². The van der Waals surface area contributed by atoms with Crippen LogP contribution < -0.4 is 5.32 Å². The second-order valence-corrected chi connectivity index (χ2v) is 7.39. The molecule has 0 saturated carbocycles. The Bertz CT molecular complexity index is 835. The van der Waals surface area contributed by atoms with Crippen molar-refractivity contribution in [3.63, 3.8) is 0 Å². The second kappa shape index (κ2) is 6.49. The standard InChI is InChI=1S/C18H18N4OS/c1-18(2,3)13-9-7-12(8-10-13)15(23)20-17-22-21-16(24-17)14-6-4-5-11-19-14/h4-11H,1-3H3,(H,20,22,23). The average Bonchev–Trinajstić information content (AvgIpc) is 3.03. The first kappa shape index (κ1) is 16.3. The number of hydrogen-bond donors (Lipinski definition) is 1. The van der Waals surface area contributed by atoms with E-state index in [1.807, 2.05) is 42.5 Å². The van der Waals surface area contributed by atoms with Crippen molar-refractivity contribution >= 4 is 22.4 Å². The summed E-state index contributed by atoms with van der Waals surface area (Å²) in [5.74, 6) is -0.195. The quantitative estimate of drug-likeness (QED) is 0.779. The van der Waals surface area contributed by atoms with E-state index >= 15 is 0 Å². The minimum atomic E-state index is -0.195. The van der Waals surface area contributed by atoms with Crippen LogP contribution in [0.25, 0.3) is 10.7 Å². The van der Waals surface area contributed by atoms with Gasteiger partial charge in [0.2, 0.25) is 5.13 Å². The van der Waals surface area contributed by atoms with E-state index in [2.05, 4.69) is 41.3 Å². The van der Waals surface area contributed by atoms with E-state index in [0.29, 0.717) is 15.7 Å². The van der Waals surface area contributed by atoms with Gasteiger partial charge in [-0.25, -0.2) is 0 Å². The average molecular weight is 338 g/mol. The van der Waals surface area contributed by atoms with E-state index in [-0.39, 0.29) is 11.3 Å². The summed E-state index contributed by atoms with van der Waals surface area (Å²) in [4.78, 5) is 16.6. The number of rotatable bonds is 3. The van der Waals surface area contributed by atoms with Crippen LogP contribution >= 0.6 is 11.3 Å². The molecule has 1 N–H and O–H groups in total. The number of nitrogens with one attached hydrogen (secondary N) is 1. The van der Waals surface area contributed by atoms with Crippen LogP contribution in [-0.4, -0.2) is 21.1 Å². The fourth-order valence-corrected chi connectivity index (χ4v) is 2.87. The van der Waals surface area contributed by atoms with Crippen molar-refractivity contribution < 1.29 is 4.79 Å². The highest BCUT2D eigenvalue weighted by molar-refractivity contribution is 7.18. The molecule has 1 aromatic carbocycles. The third-order valence-corrected chi connectivity index (χ3v) is 4.40. The van der Waals surface area contributed by atoms with E-state index in [1.165, 1.54) is 16.9 Å². The van der Waals surface area contributed by atoms with E-state index in [1.54, 1.807) is 6.20 Å². The Morgan fingerprint density at radius 2 is 1.79 bits per heavy atom. The van der Waals surface area contributed by atoms with Crippen molar-refractivity contribution in [2.24, 2.45) is 0 Å². The number of benzene rings is 1. The third-order valence-electron chi connectivity index (χ3n) is 3.54.